The highest BCUT2D eigenvalue weighted by Crippen LogP contribution is 2.53. The Bertz CT molecular complexity index is 411. The first-order valence-corrected chi connectivity index (χ1v) is 5.99. The van der Waals surface area contributed by atoms with Crippen LogP contribution in [0.2, 0.25) is 5.02 Å². The monoisotopic (exact) mass is 239 g/mol. The molecule has 0 heterocycles. The summed E-state index contributed by atoms with van der Waals surface area (Å²) in [5.74, 6) is 0.895. The summed E-state index contributed by atoms with van der Waals surface area (Å²) in [5, 5.41) is 0.813. The van der Waals surface area contributed by atoms with Gasteiger partial charge in [-0.3, -0.25) is 0 Å². The standard InChI is InChI=1S/C13H18ClNO/c1-8-6-11(14)10(7-12(8)16-3)13(4-5-13)9(2)15/h6-7,9H,4-5,15H2,1-3H3. The maximum atomic E-state index is 6.32. The fourth-order valence-electron chi connectivity index (χ4n) is 2.36. The lowest BCUT2D eigenvalue weighted by atomic mass is 9.88. The third kappa shape index (κ3) is 1.70. The molecular formula is C13H18ClNO. The lowest BCUT2D eigenvalue weighted by molar-refractivity contribution is 0.409. The van der Waals surface area contributed by atoms with Gasteiger partial charge >= 0.3 is 0 Å². The topological polar surface area (TPSA) is 35.2 Å². The van der Waals surface area contributed by atoms with Crippen molar-refractivity contribution in [1.29, 1.82) is 0 Å². The highest BCUT2D eigenvalue weighted by atomic mass is 35.5. The van der Waals surface area contributed by atoms with Gasteiger partial charge in [-0.1, -0.05) is 11.6 Å². The maximum Gasteiger partial charge on any atom is 0.122 e. The van der Waals surface area contributed by atoms with Crippen molar-refractivity contribution in [2.75, 3.05) is 7.11 Å². The molecule has 0 radical (unpaired) electrons. The summed E-state index contributed by atoms with van der Waals surface area (Å²) in [6, 6.07) is 4.16. The van der Waals surface area contributed by atoms with E-state index in [1.807, 2.05) is 19.1 Å². The molecule has 0 spiro atoms. The second kappa shape index (κ2) is 3.94. The number of benzene rings is 1. The van der Waals surface area contributed by atoms with Crippen molar-refractivity contribution in [3.63, 3.8) is 0 Å². The van der Waals surface area contributed by atoms with Gasteiger partial charge in [0.1, 0.15) is 5.75 Å². The Morgan fingerprint density at radius 3 is 2.50 bits per heavy atom. The summed E-state index contributed by atoms with van der Waals surface area (Å²) in [7, 11) is 1.69. The SMILES string of the molecule is COc1cc(C2(C(C)N)CC2)c(Cl)cc1C. The lowest BCUT2D eigenvalue weighted by Gasteiger charge is -2.22. The van der Waals surface area contributed by atoms with E-state index in [9.17, 15) is 0 Å². The lowest BCUT2D eigenvalue weighted by Crippen LogP contribution is -2.31. The fourth-order valence-corrected chi connectivity index (χ4v) is 2.77. The van der Waals surface area contributed by atoms with E-state index in [1.54, 1.807) is 7.11 Å². The molecule has 2 nitrogen and oxygen atoms in total. The van der Waals surface area contributed by atoms with Crippen LogP contribution in [0.25, 0.3) is 0 Å². The Kier molecular flexibility index (Phi) is 2.89. The van der Waals surface area contributed by atoms with Crippen LogP contribution in [0.4, 0.5) is 0 Å². The number of methoxy groups -OCH3 is 1. The Labute approximate surface area is 102 Å². The van der Waals surface area contributed by atoms with Gasteiger partial charge in [-0.2, -0.15) is 0 Å². The van der Waals surface area contributed by atoms with E-state index in [0.717, 1.165) is 34.7 Å². The number of rotatable bonds is 3. The summed E-state index contributed by atoms with van der Waals surface area (Å²) in [6.45, 7) is 4.05. The van der Waals surface area contributed by atoms with Crippen molar-refractivity contribution in [2.45, 2.75) is 38.1 Å². The van der Waals surface area contributed by atoms with Crippen LogP contribution < -0.4 is 10.5 Å². The quantitative estimate of drug-likeness (QED) is 0.880. The molecule has 1 aromatic rings. The highest BCUT2D eigenvalue weighted by molar-refractivity contribution is 6.31. The van der Waals surface area contributed by atoms with Crippen molar-refractivity contribution in [1.82, 2.24) is 0 Å². The van der Waals surface area contributed by atoms with Crippen molar-refractivity contribution in [2.24, 2.45) is 5.73 Å². The molecule has 0 saturated heterocycles. The number of halogens is 1. The van der Waals surface area contributed by atoms with E-state index in [-0.39, 0.29) is 11.5 Å². The molecule has 3 heteroatoms. The first kappa shape index (κ1) is 11.7. The zero-order valence-corrected chi connectivity index (χ0v) is 10.8. The minimum Gasteiger partial charge on any atom is -0.496 e. The number of nitrogens with two attached hydrogens (primary N) is 1. The number of hydrogen-bond acceptors (Lipinski definition) is 2. The molecule has 88 valence electrons. The molecule has 1 aliphatic rings. The minimum atomic E-state index is 0.0814. The molecule has 1 fully saturated rings. The normalized spacial score (nSPS) is 19.3. The molecule has 0 amide bonds. The van der Waals surface area contributed by atoms with Crippen LogP contribution in [0.5, 0.6) is 5.75 Å². The second-order valence-electron chi connectivity index (χ2n) is 4.75. The van der Waals surface area contributed by atoms with Crippen LogP contribution >= 0.6 is 11.6 Å². The van der Waals surface area contributed by atoms with E-state index in [4.69, 9.17) is 22.1 Å². The summed E-state index contributed by atoms with van der Waals surface area (Å²) < 4.78 is 5.34. The molecule has 0 bridgehead atoms. The zero-order valence-electron chi connectivity index (χ0n) is 10.0. The summed E-state index contributed by atoms with van der Waals surface area (Å²) in [6.07, 6.45) is 2.24. The third-order valence-electron chi connectivity index (χ3n) is 3.68. The highest BCUT2D eigenvalue weighted by Gasteiger charge is 2.48. The van der Waals surface area contributed by atoms with E-state index in [1.165, 1.54) is 0 Å². The Balaban J connectivity index is 2.49. The Hall–Kier alpha value is -0.730. The second-order valence-corrected chi connectivity index (χ2v) is 5.15. The van der Waals surface area contributed by atoms with Gasteiger partial charge in [0.2, 0.25) is 0 Å². The van der Waals surface area contributed by atoms with Crippen molar-refractivity contribution in [3.8, 4) is 5.75 Å². The fraction of sp³-hybridized carbons (Fsp3) is 0.538. The maximum absolute atomic E-state index is 6.32. The number of aryl methyl sites for hydroxylation is 1. The predicted octanol–water partition coefficient (Wildman–Crippen LogP) is 3.04. The van der Waals surface area contributed by atoms with Crippen LogP contribution in [-0.4, -0.2) is 13.2 Å². The van der Waals surface area contributed by atoms with E-state index in [2.05, 4.69) is 6.92 Å². The largest absolute Gasteiger partial charge is 0.496 e. The summed E-state index contributed by atoms with van der Waals surface area (Å²) >= 11 is 6.32. The van der Waals surface area contributed by atoms with Crippen LogP contribution in [0.3, 0.4) is 0 Å². The van der Waals surface area contributed by atoms with Crippen molar-refractivity contribution in [3.05, 3.63) is 28.3 Å². The van der Waals surface area contributed by atoms with Crippen LogP contribution in [0.15, 0.2) is 12.1 Å². The smallest absolute Gasteiger partial charge is 0.122 e. The molecule has 0 aromatic heterocycles. The summed E-state index contributed by atoms with van der Waals surface area (Å²) in [5.41, 5.74) is 8.36. The first-order valence-electron chi connectivity index (χ1n) is 5.61. The van der Waals surface area contributed by atoms with E-state index >= 15 is 0 Å². The summed E-state index contributed by atoms with van der Waals surface area (Å²) in [4.78, 5) is 0. The molecule has 16 heavy (non-hydrogen) atoms. The van der Waals surface area contributed by atoms with Gasteiger partial charge in [-0.15, -0.1) is 0 Å². The van der Waals surface area contributed by atoms with Gasteiger partial charge < -0.3 is 10.5 Å². The van der Waals surface area contributed by atoms with Gasteiger partial charge in [0.15, 0.2) is 0 Å². The van der Waals surface area contributed by atoms with Crippen LogP contribution in [-0.2, 0) is 5.41 Å². The Morgan fingerprint density at radius 1 is 1.44 bits per heavy atom. The number of ether oxygens (including phenoxy) is 1. The van der Waals surface area contributed by atoms with Gasteiger partial charge in [-0.05, 0) is 49.9 Å². The molecular weight excluding hydrogens is 222 g/mol. The van der Waals surface area contributed by atoms with E-state index in [0.29, 0.717) is 0 Å². The van der Waals surface area contributed by atoms with Crippen LogP contribution in [0, 0.1) is 6.92 Å². The van der Waals surface area contributed by atoms with Crippen molar-refractivity contribution < 1.29 is 4.74 Å². The first-order chi connectivity index (χ1) is 7.51. The van der Waals surface area contributed by atoms with Gasteiger partial charge in [0, 0.05) is 16.5 Å². The molecule has 0 aliphatic heterocycles. The minimum absolute atomic E-state index is 0.0814. The van der Waals surface area contributed by atoms with Gasteiger partial charge in [0.05, 0.1) is 7.11 Å². The van der Waals surface area contributed by atoms with Crippen LogP contribution in [0.1, 0.15) is 30.9 Å². The molecule has 2 rings (SSSR count). The zero-order chi connectivity index (χ0) is 11.9. The van der Waals surface area contributed by atoms with Gasteiger partial charge in [0.25, 0.3) is 0 Å². The average Bonchev–Trinajstić information content (AvgIpc) is 2.99. The predicted molar refractivity (Wildman–Crippen MR) is 67.3 cm³/mol. The molecule has 1 unspecified atom stereocenters. The van der Waals surface area contributed by atoms with E-state index < -0.39 is 0 Å². The average molecular weight is 240 g/mol. The van der Waals surface area contributed by atoms with Crippen molar-refractivity contribution >= 4 is 11.6 Å². The number of hydrogen-bond donors (Lipinski definition) is 1. The molecule has 1 aromatic carbocycles. The molecule has 1 atom stereocenters. The Morgan fingerprint density at radius 2 is 2.06 bits per heavy atom. The van der Waals surface area contributed by atoms with Gasteiger partial charge in [-0.25, -0.2) is 0 Å². The molecule has 1 aliphatic carbocycles. The third-order valence-corrected chi connectivity index (χ3v) is 3.99. The molecule has 1 saturated carbocycles. The molecule has 2 N–H and O–H groups in total.